The molecule has 19 heavy (non-hydrogen) atoms. The second-order valence-electron chi connectivity index (χ2n) is 4.50. The van der Waals surface area contributed by atoms with Gasteiger partial charge in [-0.2, -0.15) is 4.31 Å². The molecule has 0 radical (unpaired) electrons. The molecular weight excluding hydrogens is 306 g/mol. The smallest absolute Gasteiger partial charge is 0.252 e. The fourth-order valence-corrected chi connectivity index (χ4v) is 5.35. The lowest BCUT2D eigenvalue weighted by molar-refractivity contribution is 0.177. The lowest BCUT2D eigenvalue weighted by atomic mass is 10.4. The Balaban J connectivity index is 2.17. The summed E-state index contributed by atoms with van der Waals surface area (Å²) in [7, 11) is -1.79. The molecule has 0 amide bonds. The van der Waals surface area contributed by atoms with Gasteiger partial charge >= 0.3 is 0 Å². The molecule has 108 valence electrons. The molecule has 1 aliphatic rings. The lowest BCUT2D eigenvalue weighted by Gasteiger charge is -2.20. The van der Waals surface area contributed by atoms with Crippen molar-refractivity contribution < 1.29 is 13.2 Å². The normalized spacial score (nSPS) is 16.2. The Labute approximate surface area is 123 Å². The Morgan fingerprint density at radius 3 is 2.79 bits per heavy atom. The Bertz CT molecular complexity index is 511. The summed E-state index contributed by atoms with van der Waals surface area (Å²) in [5, 5.41) is 0. The third-order valence-electron chi connectivity index (χ3n) is 3.01. The van der Waals surface area contributed by atoms with Crippen molar-refractivity contribution in [2.24, 2.45) is 0 Å². The van der Waals surface area contributed by atoms with Crippen molar-refractivity contribution in [3.8, 4) is 0 Å². The Morgan fingerprint density at radius 2 is 2.21 bits per heavy atom. The van der Waals surface area contributed by atoms with Crippen LogP contribution in [0, 0.1) is 0 Å². The van der Waals surface area contributed by atoms with Crippen molar-refractivity contribution in [2.75, 3.05) is 26.1 Å². The minimum atomic E-state index is -3.38. The van der Waals surface area contributed by atoms with Gasteiger partial charge in [0.15, 0.2) is 0 Å². The molecule has 1 saturated carbocycles. The number of thiophene rings is 1. The molecule has 0 bridgehead atoms. The number of halogens is 1. The summed E-state index contributed by atoms with van der Waals surface area (Å²) in [6.45, 7) is 0.849. The van der Waals surface area contributed by atoms with Crippen LogP contribution in [0.1, 0.15) is 17.7 Å². The highest BCUT2D eigenvalue weighted by Gasteiger charge is 2.38. The van der Waals surface area contributed by atoms with Crippen LogP contribution in [0.2, 0.25) is 0 Å². The van der Waals surface area contributed by atoms with E-state index in [-0.39, 0.29) is 6.04 Å². The van der Waals surface area contributed by atoms with Crippen LogP contribution in [-0.2, 0) is 21.2 Å². The second kappa shape index (κ2) is 6.54. The van der Waals surface area contributed by atoms with E-state index in [0.717, 1.165) is 17.7 Å². The minimum absolute atomic E-state index is 0.152. The topological polar surface area (TPSA) is 46.6 Å². The third-order valence-corrected chi connectivity index (χ3v) is 6.76. The number of rotatable bonds is 8. The van der Waals surface area contributed by atoms with Crippen LogP contribution in [0.25, 0.3) is 0 Å². The predicted octanol–water partition coefficient (Wildman–Crippen LogP) is 2.33. The SMILES string of the molecule is COCCN(C1CC1)S(=O)(=O)c1ccc(CCCl)s1. The third kappa shape index (κ3) is 3.70. The summed E-state index contributed by atoms with van der Waals surface area (Å²) in [4.78, 5) is 1.01. The molecule has 0 aliphatic heterocycles. The number of hydrogen-bond donors (Lipinski definition) is 0. The van der Waals surface area contributed by atoms with E-state index in [1.165, 1.54) is 11.3 Å². The molecule has 0 unspecified atom stereocenters. The Kier molecular flexibility index (Phi) is 5.25. The molecule has 0 N–H and O–H groups in total. The average molecular weight is 324 g/mol. The molecule has 1 aromatic heterocycles. The monoisotopic (exact) mass is 323 g/mol. The lowest BCUT2D eigenvalue weighted by Crippen LogP contribution is -2.35. The van der Waals surface area contributed by atoms with Gasteiger partial charge in [-0.25, -0.2) is 8.42 Å². The molecule has 1 aromatic rings. The van der Waals surface area contributed by atoms with E-state index >= 15 is 0 Å². The molecule has 1 fully saturated rings. The van der Waals surface area contributed by atoms with Gasteiger partial charge in [0.1, 0.15) is 4.21 Å². The van der Waals surface area contributed by atoms with Gasteiger partial charge in [0.2, 0.25) is 0 Å². The molecule has 2 rings (SSSR count). The maximum Gasteiger partial charge on any atom is 0.252 e. The molecule has 1 aliphatic carbocycles. The Hall–Kier alpha value is -0.140. The summed E-state index contributed by atoms with van der Waals surface area (Å²) in [6.07, 6.45) is 2.61. The van der Waals surface area contributed by atoms with E-state index < -0.39 is 10.0 Å². The van der Waals surface area contributed by atoms with E-state index in [9.17, 15) is 8.42 Å². The van der Waals surface area contributed by atoms with Crippen molar-refractivity contribution in [1.29, 1.82) is 0 Å². The van der Waals surface area contributed by atoms with Crippen molar-refractivity contribution in [3.63, 3.8) is 0 Å². The molecule has 0 aromatic carbocycles. The average Bonchev–Trinajstić information content (AvgIpc) is 3.08. The van der Waals surface area contributed by atoms with Crippen LogP contribution in [0.4, 0.5) is 0 Å². The minimum Gasteiger partial charge on any atom is -0.383 e. The molecule has 0 saturated heterocycles. The number of hydrogen-bond acceptors (Lipinski definition) is 4. The van der Waals surface area contributed by atoms with Gasteiger partial charge in [0, 0.05) is 30.5 Å². The zero-order valence-corrected chi connectivity index (χ0v) is 13.2. The van der Waals surface area contributed by atoms with Gasteiger partial charge in [-0.05, 0) is 31.4 Å². The van der Waals surface area contributed by atoms with Gasteiger partial charge < -0.3 is 4.74 Å². The van der Waals surface area contributed by atoms with Crippen molar-refractivity contribution in [3.05, 3.63) is 17.0 Å². The summed E-state index contributed by atoms with van der Waals surface area (Å²) in [5.74, 6) is 0.510. The zero-order valence-electron chi connectivity index (χ0n) is 10.8. The first kappa shape index (κ1) is 15.3. The maximum absolute atomic E-state index is 12.6. The number of nitrogens with zero attached hydrogens (tertiary/aromatic N) is 1. The van der Waals surface area contributed by atoms with Crippen molar-refractivity contribution in [1.82, 2.24) is 4.31 Å². The van der Waals surface area contributed by atoms with E-state index in [1.54, 1.807) is 17.5 Å². The standard InChI is InChI=1S/C12H18ClNO3S2/c1-17-9-8-14(10-2-3-10)19(15,16)12-5-4-11(18-12)6-7-13/h4-5,10H,2-3,6-9H2,1H3. The first-order chi connectivity index (χ1) is 9.09. The summed E-state index contributed by atoms with van der Waals surface area (Å²) in [5.41, 5.74) is 0. The van der Waals surface area contributed by atoms with Gasteiger partial charge in [-0.1, -0.05) is 0 Å². The predicted molar refractivity (Wildman–Crippen MR) is 77.5 cm³/mol. The maximum atomic E-state index is 12.6. The van der Waals surface area contributed by atoms with Gasteiger partial charge in [0.05, 0.1) is 6.61 Å². The van der Waals surface area contributed by atoms with Crippen LogP contribution in [0.3, 0.4) is 0 Å². The molecule has 0 atom stereocenters. The summed E-state index contributed by atoms with van der Waals surface area (Å²) >= 11 is 7.00. The van der Waals surface area contributed by atoms with Gasteiger partial charge in [0.25, 0.3) is 10.0 Å². The molecule has 0 spiro atoms. The van der Waals surface area contributed by atoms with Crippen molar-refractivity contribution >= 4 is 33.0 Å². The highest BCUT2D eigenvalue weighted by molar-refractivity contribution is 7.91. The van der Waals surface area contributed by atoms with Crippen LogP contribution in [0.5, 0.6) is 0 Å². The van der Waals surface area contributed by atoms with Crippen LogP contribution in [0.15, 0.2) is 16.3 Å². The quantitative estimate of drug-likeness (QED) is 0.690. The van der Waals surface area contributed by atoms with Crippen molar-refractivity contribution in [2.45, 2.75) is 29.5 Å². The highest BCUT2D eigenvalue weighted by Crippen LogP contribution is 2.34. The largest absolute Gasteiger partial charge is 0.383 e. The second-order valence-corrected chi connectivity index (χ2v) is 8.16. The summed E-state index contributed by atoms with van der Waals surface area (Å²) < 4.78 is 32.2. The number of alkyl halides is 1. The molecule has 7 heteroatoms. The van der Waals surface area contributed by atoms with E-state index in [2.05, 4.69) is 0 Å². The van der Waals surface area contributed by atoms with E-state index in [4.69, 9.17) is 16.3 Å². The fourth-order valence-electron chi connectivity index (χ4n) is 1.88. The number of methoxy groups -OCH3 is 1. The first-order valence-corrected chi connectivity index (χ1v) is 9.04. The zero-order chi connectivity index (χ0) is 13.9. The molecule has 4 nitrogen and oxygen atoms in total. The van der Waals surface area contributed by atoms with Gasteiger partial charge in [-0.3, -0.25) is 0 Å². The Morgan fingerprint density at radius 1 is 1.47 bits per heavy atom. The summed E-state index contributed by atoms with van der Waals surface area (Å²) in [6, 6.07) is 3.68. The van der Waals surface area contributed by atoms with Crippen LogP contribution in [-0.4, -0.2) is 44.9 Å². The van der Waals surface area contributed by atoms with E-state index in [1.807, 2.05) is 6.07 Å². The number of ether oxygens (including phenoxy) is 1. The first-order valence-electron chi connectivity index (χ1n) is 6.25. The highest BCUT2D eigenvalue weighted by atomic mass is 35.5. The number of aryl methyl sites for hydroxylation is 1. The van der Waals surface area contributed by atoms with Gasteiger partial charge in [-0.15, -0.1) is 22.9 Å². The molecule has 1 heterocycles. The van der Waals surface area contributed by atoms with Crippen LogP contribution >= 0.6 is 22.9 Å². The van der Waals surface area contributed by atoms with E-state index in [0.29, 0.717) is 29.7 Å². The fraction of sp³-hybridized carbons (Fsp3) is 0.667. The van der Waals surface area contributed by atoms with Crippen LogP contribution < -0.4 is 0 Å². The number of sulfonamides is 1. The molecular formula is C12H18ClNO3S2.